The number of ether oxygens (including phenoxy) is 3. The molecule has 0 unspecified atom stereocenters. The summed E-state index contributed by atoms with van der Waals surface area (Å²) in [6.07, 6.45) is -1.78. The normalized spacial score (nSPS) is 60.7. The molecule has 0 radical (unpaired) electrons. The molecule has 0 aromatic heterocycles. The first kappa shape index (κ1) is 13.3. The lowest BCUT2D eigenvalue weighted by Gasteiger charge is -2.53. The first-order valence-corrected chi connectivity index (χ1v) is 7.63. The van der Waals surface area contributed by atoms with E-state index in [0.717, 1.165) is 0 Å². The molecule has 7 heteroatoms. The summed E-state index contributed by atoms with van der Waals surface area (Å²) in [5, 5.41) is 21.9. The molecule has 0 amide bonds. The second-order valence-corrected chi connectivity index (χ2v) is 8.06. The molecule has 5 fully saturated rings. The van der Waals surface area contributed by atoms with Crippen LogP contribution >= 0.6 is 0 Å². The van der Waals surface area contributed by atoms with Gasteiger partial charge in [0.25, 0.3) is 0 Å². The molecule has 0 aromatic carbocycles. The second kappa shape index (κ2) is 3.07. The van der Waals surface area contributed by atoms with Crippen LogP contribution in [-0.2, 0) is 23.8 Å². The van der Waals surface area contributed by atoms with Crippen LogP contribution in [0.25, 0.3) is 0 Å². The summed E-state index contributed by atoms with van der Waals surface area (Å²) in [7, 11) is 0. The predicted molar refractivity (Wildman–Crippen MR) is 68.3 cm³/mol. The highest BCUT2D eigenvalue weighted by Crippen LogP contribution is 2.77. The van der Waals surface area contributed by atoms with Gasteiger partial charge in [-0.25, -0.2) is 4.79 Å². The minimum Gasteiger partial charge on any atom is -0.458 e. The van der Waals surface area contributed by atoms with Crippen molar-refractivity contribution >= 4 is 11.9 Å². The summed E-state index contributed by atoms with van der Waals surface area (Å²) in [5.74, 6) is -2.51. The van der Waals surface area contributed by atoms with Gasteiger partial charge in [-0.05, 0) is 20.8 Å². The smallest absolute Gasteiger partial charge is 0.342 e. The summed E-state index contributed by atoms with van der Waals surface area (Å²) in [6.45, 7) is 4.92. The van der Waals surface area contributed by atoms with Crippen molar-refractivity contribution in [1.82, 2.24) is 0 Å². The molecule has 22 heavy (non-hydrogen) atoms. The van der Waals surface area contributed by atoms with Crippen LogP contribution in [0.5, 0.6) is 0 Å². The Hall–Kier alpha value is -1.18. The van der Waals surface area contributed by atoms with Gasteiger partial charge in [0.1, 0.15) is 12.2 Å². The quantitative estimate of drug-likeness (QED) is 0.479. The molecule has 2 saturated carbocycles. The van der Waals surface area contributed by atoms with E-state index >= 15 is 0 Å². The molecule has 5 aliphatic rings. The fourth-order valence-corrected chi connectivity index (χ4v) is 5.83. The largest absolute Gasteiger partial charge is 0.458 e. The van der Waals surface area contributed by atoms with Crippen LogP contribution in [0.1, 0.15) is 27.2 Å². The number of hydrogen-bond donors (Lipinski definition) is 2. The summed E-state index contributed by atoms with van der Waals surface area (Å²) in [6, 6.07) is 0. The van der Waals surface area contributed by atoms with Gasteiger partial charge in [0, 0.05) is 12.3 Å². The summed E-state index contributed by atoms with van der Waals surface area (Å²) < 4.78 is 16.5. The van der Waals surface area contributed by atoms with E-state index in [9.17, 15) is 19.8 Å². The maximum Gasteiger partial charge on any atom is 0.342 e. The predicted octanol–water partition coefficient (Wildman–Crippen LogP) is -0.867. The zero-order valence-corrected chi connectivity index (χ0v) is 12.5. The van der Waals surface area contributed by atoms with Crippen LogP contribution in [0.4, 0.5) is 0 Å². The lowest BCUT2D eigenvalue weighted by atomic mass is 9.52. The number of carbonyl (C=O) groups excluding carboxylic acids is 2. The van der Waals surface area contributed by atoms with Gasteiger partial charge in [-0.1, -0.05) is 0 Å². The number of fused-ring (bicyclic) bond motifs is 4. The van der Waals surface area contributed by atoms with E-state index in [0.29, 0.717) is 0 Å². The molecule has 1 spiro atoms. The van der Waals surface area contributed by atoms with Gasteiger partial charge >= 0.3 is 11.9 Å². The number of rotatable bonds is 1. The van der Waals surface area contributed by atoms with E-state index in [1.54, 1.807) is 20.8 Å². The van der Waals surface area contributed by atoms with Crippen molar-refractivity contribution in [3.63, 3.8) is 0 Å². The zero-order valence-electron chi connectivity index (χ0n) is 12.5. The molecular weight excluding hydrogens is 292 g/mol. The third kappa shape index (κ3) is 0.962. The van der Waals surface area contributed by atoms with Crippen molar-refractivity contribution in [2.45, 2.75) is 62.3 Å². The Morgan fingerprint density at radius 3 is 2.59 bits per heavy atom. The molecular formula is C15H18O7. The molecule has 3 aliphatic heterocycles. The van der Waals surface area contributed by atoms with E-state index in [1.807, 2.05) is 0 Å². The summed E-state index contributed by atoms with van der Waals surface area (Å²) in [4.78, 5) is 24.8. The molecule has 5 rings (SSSR count). The van der Waals surface area contributed by atoms with Crippen molar-refractivity contribution in [1.29, 1.82) is 0 Å². The van der Waals surface area contributed by atoms with Crippen molar-refractivity contribution in [2.24, 2.45) is 17.3 Å². The van der Waals surface area contributed by atoms with Crippen LogP contribution in [0.3, 0.4) is 0 Å². The third-order valence-electron chi connectivity index (χ3n) is 6.85. The molecule has 120 valence electrons. The monoisotopic (exact) mass is 310 g/mol. The number of carbonyl (C=O) groups is 2. The Morgan fingerprint density at radius 1 is 1.27 bits per heavy atom. The summed E-state index contributed by atoms with van der Waals surface area (Å²) >= 11 is 0. The van der Waals surface area contributed by atoms with Crippen molar-refractivity contribution in [3.8, 4) is 0 Å². The minimum atomic E-state index is -1.47. The standard InChI is InChI=1S/C15H18O7/c1-12(2,18)6-7-10(16)20-8(6)9-13(3)14(7,19)4-5-15(13,22-5)11(17)21-9/h5-9,18-19H,4H2,1-3H3/t5-,6+,7+,8+,9-,13-,14+,15+/m1/s1. The fourth-order valence-electron chi connectivity index (χ4n) is 5.83. The number of esters is 2. The first-order chi connectivity index (χ1) is 10.1. The molecule has 7 nitrogen and oxygen atoms in total. The first-order valence-electron chi connectivity index (χ1n) is 7.63. The molecule has 0 aromatic rings. The Bertz CT molecular complexity index is 638. The third-order valence-corrected chi connectivity index (χ3v) is 6.85. The summed E-state index contributed by atoms with van der Waals surface area (Å²) in [5.41, 5.74) is -4.89. The highest BCUT2D eigenvalue weighted by atomic mass is 16.7. The molecule has 3 saturated heterocycles. The van der Waals surface area contributed by atoms with Gasteiger partial charge in [-0.15, -0.1) is 0 Å². The van der Waals surface area contributed by atoms with E-state index < -0.39 is 64.3 Å². The highest BCUT2D eigenvalue weighted by Gasteiger charge is 2.95. The van der Waals surface area contributed by atoms with Crippen LogP contribution in [0.2, 0.25) is 0 Å². The second-order valence-electron chi connectivity index (χ2n) is 8.06. The van der Waals surface area contributed by atoms with Crippen molar-refractivity contribution < 1.29 is 34.0 Å². The molecule has 2 aliphatic carbocycles. The van der Waals surface area contributed by atoms with E-state index in [-0.39, 0.29) is 6.42 Å². The Balaban J connectivity index is 1.76. The van der Waals surface area contributed by atoms with E-state index in [1.165, 1.54) is 0 Å². The fraction of sp³-hybridized carbons (Fsp3) is 0.867. The molecule has 2 N–H and O–H groups in total. The van der Waals surface area contributed by atoms with Gasteiger partial charge in [0.15, 0.2) is 6.10 Å². The maximum atomic E-state index is 12.4. The minimum absolute atomic E-state index is 0.189. The lowest BCUT2D eigenvalue weighted by molar-refractivity contribution is -0.223. The van der Waals surface area contributed by atoms with Gasteiger partial charge in [0.2, 0.25) is 5.60 Å². The molecule has 2 bridgehead atoms. The molecule has 3 heterocycles. The van der Waals surface area contributed by atoms with Crippen molar-refractivity contribution in [2.75, 3.05) is 0 Å². The van der Waals surface area contributed by atoms with Crippen LogP contribution in [0.15, 0.2) is 0 Å². The Morgan fingerprint density at radius 2 is 1.95 bits per heavy atom. The lowest BCUT2D eigenvalue weighted by Crippen LogP contribution is -2.68. The van der Waals surface area contributed by atoms with E-state index in [4.69, 9.17) is 14.2 Å². The van der Waals surface area contributed by atoms with Gasteiger partial charge < -0.3 is 24.4 Å². The van der Waals surface area contributed by atoms with Crippen LogP contribution in [0, 0.1) is 17.3 Å². The van der Waals surface area contributed by atoms with Crippen molar-refractivity contribution in [3.05, 3.63) is 0 Å². The number of epoxide rings is 1. The van der Waals surface area contributed by atoms with E-state index in [2.05, 4.69) is 0 Å². The van der Waals surface area contributed by atoms with Crippen LogP contribution < -0.4 is 0 Å². The maximum absolute atomic E-state index is 12.4. The number of hydrogen-bond acceptors (Lipinski definition) is 7. The average molecular weight is 310 g/mol. The SMILES string of the molecule is CC(C)(O)[C@@H]1[C@@H]2OC(=O)[C@H]1[C@@]1(O)C[C@H]3O[C@]34C(=O)O[C@H]2[C@@]41C. The zero-order chi connectivity index (χ0) is 15.9. The number of aliphatic hydroxyl groups is 2. The molecule has 8 atom stereocenters. The van der Waals surface area contributed by atoms with Gasteiger partial charge in [-0.2, -0.15) is 0 Å². The Kier molecular flexibility index (Phi) is 1.85. The van der Waals surface area contributed by atoms with Gasteiger partial charge in [0.05, 0.1) is 22.5 Å². The average Bonchev–Trinajstić information content (AvgIpc) is 2.85. The highest BCUT2D eigenvalue weighted by molar-refractivity contribution is 5.91. The Labute approximate surface area is 126 Å². The van der Waals surface area contributed by atoms with Gasteiger partial charge in [-0.3, -0.25) is 4.79 Å². The topological polar surface area (TPSA) is 106 Å². The van der Waals surface area contributed by atoms with Crippen LogP contribution in [-0.4, -0.2) is 57.3 Å².